The molecule has 1 spiro atoms. The summed E-state index contributed by atoms with van der Waals surface area (Å²) in [5.41, 5.74) is -0.507. The lowest BCUT2D eigenvalue weighted by Gasteiger charge is -2.46. The van der Waals surface area contributed by atoms with Crippen molar-refractivity contribution in [3.63, 3.8) is 0 Å². The van der Waals surface area contributed by atoms with Crippen LogP contribution in [0.25, 0.3) is 0 Å². The van der Waals surface area contributed by atoms with Crippen LogP contribution in [0.5, 0.6) is 0 Å². The molecule has 2 amide bonds. The molecule has 0 N–H and O–H groups in total. The van der Waals surface area contributed by atoms with Crippen molar-refractivity contribution in [1.29, 1.82) is 0 Å². The first-order valence-electron chi connectivity index (χ1n) is 9.70. The van der Waals surface area contributed by atoms with Gasteiger partial charge in [0, 0.05) is 37.2 Å². The zero-order chi connectivity index (χ0) is 18.1. The Morgan fingerprint density at radius 2 is 1.76 bits per heavy atom. The normalized spacial score (nSPS) is 24.8. The molecule has 142 valence electrons. The van der Waals surface area contributed by atoms with Gasteiger partial charge < -0.3 is 9.80 Å². The first kappa shape index (κ1) is 19.3. The minimum absolute atomic E-state index is 0.0730. The second-order valence-electron chi connectivity index (χ2n) is 8.43. The zero-order valence-corrected chi connectivity index (χ0v) is 17.1. The number of amides is 2. The van der Waals surface area contributed by atoms with E-state index in [1.807, 2.05) is 30.5 Å². The Bertz CT molecular complexity index is 512. The second kappa shape index (κ2) is 7.67. The summed E-state index contributed by atoms with van der Waals surface area (Å²) in [4.78, 5) is 29.8. The zero-order valence-electron chi connectivity index (χ0n) is 15.6. The molecule has 0 aromatic heterocycles. The average Bonchev–Trinajstić information content (AvgIpc) is 3.05. The van der Waals surface area contributed by atoms with Gasteiger partial charge in [-0.25, -0.2) is 0 Å². The Labute approximate surface area is 161 Å². The van der Waals surface area contributed by atoms with Crippen molar-refractivity contribution >= 4 is 35.2 Å². The van der Waals surface area contributed by atoms with Gasteiger partial charge in [0.2, 0.25) is 11.8 Å². The van der Waals surface area contributed by atoms with Gasteiger partial charge in [0.15, 0.2) is 0 Å². The molecule has 4 nitrogen and oxygen atoms in total. The molecule has 6 heteroatoms. The molecule has 3 rings (SSSR count). The summed E-state index contributed by atoms with van der Waals surface area (Å²) < 4.78 is 0. The molecular weight excluding hydrogens is 356 g/mol. The fraction of sp³-hybridized carbons (Fsp3) is 0.895. The largest absolute Gasteiger partial charge is 0.342 e. The van der Waals surface area contributed by atoms with Gasteiger partial charge in [0.25, 0.3) is 0 Å². The lowest BCUT2D eigenvalue weighted by molar-refractivity contribution is -0.144. The van der Waals surface area contributed by atoms with Crippen molar-refractivity contribution < 1.29 is 9.59 Å². The summed E-state index contributed by atoms with van der Waals surface area (Å²) >= 11 is 7.91. The Kier molecular flexibility index (Phi) is 5.94. The Hall–Kier alpha value is -0.420. The van der Waals surface area contributed by atoms with Crippen molar-refractivity contribution in [3.8, 4) is 0 Å². The van der Waals surface area contributed by atoms with Crippen molar-refractivity contribution in [2.24, 2.45) is 11.3 Å². The average molecular weight is 387 g/mol. The maximum absolute atomic E-state index is 13.1. The maximum Gasteiger partial charge on any atom is 0.229 e. The van der Waals surface area contributed by atoms with E-state index in [2.05, 4.69) is 4.90 Å². The molecule has 0 aromatic rings. The number of piperidine rings is 1. The van der Waals surface area contributed by atoms with Crippen LogP contribution in [0.3, 0.4) is 0 Å². The minimum Gasteiger partial charge on any atom is -0.342 e. The predicted octanol–water partition coefficient (Wildman–Crippen LogP) is 3.73. The number of rotatable bonds is 3. The summed E-state index contributed by atoms with van der Waals surface area (Å²) in [5, 5.41) is 0. The number of hydrogen-bond acceptors (Lipinski definition) is 3. The molecule has 3 aliphatic rings. The molecule has 0 unspecified atom stereocenters. The highest BCUT2D eigenvalue weighted by Gasteiger charge is 2.48. The van der Waals surface area contributed by atoms with E-state index < -0.39 is 5.41 Å². The van der Waals surface area contributed by atoms with E-state index in [0.717, 1.165) is 51.1 Å². The molecule has 2 saturated heterocycles. The van der Waals surface area contributed by atoms with Crippen LogP contribution in [0, 0.1) is 11.3 Å². The summed E-state index contributed by atoms with van der Waals surface area (Å²) in [6, 6.07) is 0. The SMILES string of the molecule is CC(C)(CCl)C(=O)N1CCC2(CC1)SCCN2C(=O)C1CCCCC1. The molecule has 0 bridgehead atoms. The summed E-state index contributed by atoms with van der Waals surface area (Å²) in [7, 11) is 0. The maximum atomic E-state index is 13.1. The number of hydrogen-bond donors (Lipinski definition) is 0. The van der Waals surface area contributed by atoms with Crippen LogP contribution in [0.2, 0.25) is 0 Å². The van der Waals surface area contributed by atoms with Gasteiger partial charge in [-0.1, -0.05) is 19.3 Å². The molecule has 25 heavy (non-hydrogen) atoms. The fourth-order valence-electron chi connectivity index (χ4n) is 4.45. The lowest BCUT2D eigenvalue weighted by Crippen LogP contribution is -2.56. The van der Waals surface area contributed by atoms with Gasteiger partial charge in [-0.15, -0.1) is 23.4 Å². The van der Waals surface area contributed by atoms with Crippen LogP contribution < -0.4 is 0 Å². The number of halogens is 1. The topological polar surface area (TPSA) is 40.6 Å². The molecule has 2 aliphatic heterocycles. The molecular formula is C19H31ClN2O2S. The lowest BCUT2D eigenvalue weighted by atomic mass is 9.87. The smallest absolute Gasteiger partial charge is 0.229 e. The highest BCUT2D eigenvalue weighted by Crippen LogP contribution is 2.45. The molecule has 0 atom stereocenters. The first-order chi connectivity index (χ1) is 11.9. The molecule has 3 fully saturated rings. The quantitative estimate of drug-likeness (QED) is 0.694. The fourth-order valence-corrected chi connectivity index (χ4v) is 6.02. The van der Waals surface area contributed by atoms with Gasteiger partial charge in [0.1, 0.15) is 0 Å². The number of carbonyl (C=O) groups is 2. The molecule has 0 aromatic carbocycles. The standard InChI is InChI=1S/C19H31ClN2O2S/c1-18(2,14-20)17(24)21-10-8-19(9-11-21)22(12-13-25-19)16(23)15-6-4-3-5-7-15/h15H,3-14H2,1-2H3. The van der Waals surface area contributed by atoms with E-state index in [1.165, 1.54) is 19.3 Å². The van der Waals surface area contributed by atoms with Gasteiger partial charge in [-0.2, -0.15) is 0 Å². The van der Waals surface area contributed by atoms with Crippen molar-refractivity contribution in [3.05, 3.63) is 0 Å². The number of carbonyl (C=O) groups excluding carboxylic acids is 2. The predicted molar refractivity (Wildman–Crippen MR) is 104 cm³/mol. The first-order valence-corrected chi connectivity index (χ1v) is 11.2. The van der Waals surface area contributed by atoms with Crippen molar-refractivity contribution in [1.82, 2.24) is 9.80 Å². The summed E-state index contributed by atoms with van der Waals surface area (Å²) in [6.07, 6.45) is 7.56. The van der Waals surface area contributed by atoms with Crippen LogP contribution in [0.1, 0.15) is 58.8 Å². The minimum atomic E-state index is -0.507. The highest BCUT2D eigenvalue weighted by atomic mass is 35.5. The third-order valence-corrected chi connectivity index (χ3v) is 8.36. The number of likely N-dealkylation sites (tertiary alicyclic amines) is 1. The van der Waals surface area contributed by atoms with Crippen molar-refractivity contribution in [2.45, 2.75) is 63.7 Å². The van der Waals surface area contributed by atoms with E-state index in [9.17, 15) is 9.59 Å². The Morgan fingerprint density at radius 1 is 1.12 bits per heavy atom. The molecule has 2 heterocycles. The van der Waals surface area contributed by atoms with E-state index >= 15 is 0 Å². The number of nitrogens with zero attached hydrogens (tertiary/aromatic N) is 2. The second-order valence-corrected chi connectivity index (χ2v) is 10.2. The summed E-state index contributed by atoms with van der Waals surface area (Å²) in [6.45, 7) is 6.17. The van der Waals surface area contributed by atoms with Crippen LogP contribution in [0.15, 0.2) is 0 Å². The molecule has 0 radical (unpaired) electrons. The van der Waals surface area contributed by atoms with Gasteiger partial charge in [0.05, 0.1) is 10.3 Å². The highest BCUT2D eigenvalue weighted by molar-refractivity contribution is 8.00. The number of alkyl halides is 1. The van der Waals surface area contributed by atoms with Crippen LogP contribution in [-0.4, -0.2) is 57.8 Å². The summed E-state index contributed by atoms with van der Waals surface area (Å²) in [5.74, 6) is 2.13. The van der Waals surface area contributed by atoms with E-state index in [4.69, 9.17) is 11.6 Å². The third kappa shape index (κ3) is 3.83. The van der Waals surface area contributed by atoms with Gasteiger partial charge in [-0.05, 0) is 39.5 Å². The van der Waals surface area contributed by atoms with E-state index in [-0.39, 0.29) is 16.7 Å². The van der Waals surface area contributed by atoms with Gasteiger partial charge >= 0.3 is 0 Å². The Morgan fingerprint density at radius 3 is 2.36 bits per heavy atom. The van der Waals surface area contributed by atoms with Gasteiger partial charge in [-0.3, -0.25) is 9.59 Å². The number of thioether (sulfide) groups is 1. The molecule has 1 saturated carbocycles. The van der Waals surface area contributed by atoms with Crippen LogP contribution in [0.4, 0.5) is 0 Å². The van der Waals surface area contributed by atoms with Crippen LogP contribution >= 0.6 is 23.4 Å². The molecule has 1 aliphatic carbocycles. The third-order valence-electron chi connectivity index (χ3n) is 6.14. The van der Waals surface area contributed by atoms with E-state index in [1.54, 1.807) is 0 Å². The van der Waals surface area contributed by atoms with Crippen LogP contribution in [-0.2, 0) is 9.59 Å². The Balaban J connectivity index is 1.64. The monoisotopic (exact) mass is 386 g/mol. The van der Waals surface area contributed by atoms with Crippen molar-refractivity contribution in [2.75, 3.05) is 31.3 Å². The van der Waals surface area contributed by atoms with E-state index in [0.29, 0.717) is 11.8 Å².